The van der Waals surface area contributed by atoms with E-state index < -0.39 is 17.7 Å². The van der Waals surface area contributed by atoms with Gasteiger partial charge in [-0.1, -0.05) is 18.9 Å². The Labute approximate surface area is 198 Å². The summed E-state index contributed by atoms with van der Waals surface area (Å²) in [6.07, 6.45) is 5.45. The van der Waals surface area contributed by atoms with Crippen molar-refractivity contribution in [2.45, 2.75) is 38.6 Å². The van der Waals surface area contributed by atoms with Gasteiger partial charge in [-0.15, -0.1) is 0 Å². The maximum Gasteiger partial charge on any atom is 0.251 e. The number of anilines is 2. The number of aliphatic hydroxyl groups is 1. The Kier molecular flexibility index (Phi) is 8.91. The fourth-order valence-corrected chi connectivity index (χ4v) is 3.95. The normalized spacial score (nSPS) is 14.1. The molecule has 2 N–H and O–H groups in total. The van der Waals surface area contributed by atoms with E-state index in [2.05, 4.69) is 17.1 Å². The van der Waals surface area contributed by atoms with Crippen LogP contribution in [0, 0.1) is 17.6 Å². The Morgan fingerprint density at radius 2 is 1.88 bits per heavy atom. The molecule has 9 heteroatoms. The number of carbonyl (C=O) groups is 1. The molecule has 1 aliphatic rings. The molecule has 0 bridgehead atoms. The van der Waals surface area contributed by atoms with Crippen molar-refractivity contribution < 1.29 is 18.7 Å². The smallest absolute Gasteiger partial charge is 0.251 e. The first-order valence-corrected chi connectivity index (χ1v) is 12.4. The van der Waals surface area contributed by atoms with E-state index in [-0.39, 0.29) is 18.9 Å². The molecule has 6 nitrogen and oxygen atoms in total. The topological polar surface area (TPSA) is 68.7 Å². The first kappa shape index (κ1) is 25.2. The van der Waals surface area contributed by atoms with E-state index in [4.69, 9.17) is 4.98 Å². The number of benzene rings is 1. The van der Waals surface area contributed by atoms with Crippen LogP contribution in [0.5, 0.6) is 0 Å². The van der Waals surface area contributed by atoms with Crippen molar-refractivity contribution in [2.75, 3.05) is 42.2 Å². The van der Waals surface area contributed by atoms with Crippen molar-refractivity contribution in [3.63, 3.8) is 0 Å². The Balaban J connectivity index is 1.83. The number of nitrogens with zero attached hydrogens (tertiary/aromatic N) is 3. The summed E-state index contributed by atoms with van der Waals surface area (Å²) in [4.78, 5) is 20.1. The number of halogens is 2. The number of hydrogen-bond acceptors (Lipinski definition) is 6. The molecule has 1 atom stereocenters. The highest BCUT2D eigenvalue weighted by molar-refractivity contribution is 7.99. The van der Waals surface area contributed by atoms with Gasteiger partial charge in [0.1, 0.15) is 23.3 Å². The van der Waals surface area contributed by atoms with Gasteiger partial charge in [0.05, 0.1) is 12.6 Å². The lowest BCUT2D eigenvalue weighted by atomic mass is 10.1. The van der Waals surface area contributed by atoms with Crippen LogP contribution in [0.3, 0.4) is 0 Å². The van der Waals surface area contributed by atoms with Gasteiger partial charge in [0, 0.05) is 38.0 Å². The quantitative estimate of drug-likeness (QED) is 0.449. The summed E-state index contributed by atoms with van der Waals surface area (Å²) in [5, 5.41) is 12.6. The predicted molar refractivity (Wildman–Crippen MR) is 130 cm³/mol. The van der Waals surface area contributed by atoms with Crippen molar-refractivity contribution in [1.29, 1.82) is 0 Å². The summed E-state index contributed by atoms with van der Waals surface area (Å²) in [5.74, 6) is 0.331. The van der Waals surface area contributed by atoms with E-state index >= 15 is 0 Å². The summed E-state index contributed by atoms with van der Waals surface area (Å²) in [6.45, 7) is 3.52. The van der Waals surface area contributed by atoms with Crippen LogP contribution in [0.2, 0.25) is 0 Å². The molecule has 3 rings (SSSR count). The zero-order chi connectivity index (χ0) is 24.0. The molecule has 180 valence electrons. The second-order valence-corrected chi connectivity index (χ2v) is 9.39. The average molecular weight is 479 g/mol. The molecule has 1 saturated carbocycles. The second-order valence-electron chi connectivity index (χ2n) is 8.48. The minimum atomic E-state index is -0.691. The zero-order valence-corrected chi connectivity index (χ0v) is 20.2. The van der Waals surface area contributed by atoms with E-state index in [1.165, 1.54) is 36.9 Å². The molecule has 1 aromatic heterocycles. The minimum absolute atomic E-state index is 0.107. The number of rotatable bonds is 12. The number of hydrogen-bond donors (Lipinski definition) is 2. The number of aromatic nitrogens is 1. The molecule has 0 radical (unpaired) electrons. The highest BCUT2D eigenvalue weighted by Gasteiger charge is 2.26. The van der Waals surface area contributed by atoms with Gasteiger partial charge in [-0.3, -0.25) is 4.79 Å². The van der Waals surface area contributed by atoms with Gasteiger partial charge in [-0.25, -0.2) is 13.8 Å². The summed E-state index contributed by atoms with van der Waals surface area (Å²) < 4.78 is 29.0. The third-order valence-corrected chi connectivity index (χ3v) is 6.34. The van der Waals surface area contributed by atoms with E-state index in [1.54, 1.807) is 12.1 Å². The predicted octanol–water partition coefficient (Wildman–Crippen LogP) is 4.03. The van der Waals surface area contributed by atoms with Crippen LogP contribution in [0.4, 0.5) is 20.4 Å². The SMILES string of the molecule is CCCN(CC1CC1)c1cc(C(=O)NC(CO)Cc2cc(F)cc(F)c2)cc(N(C)SC)n1. The zero-order valence-electron chi connectivity index (χ0n) is 19.4. The van der Waals surface area contributed by atoms with Crippen LogP contribution in [-0.2, 0) is 6.42 Å². The molecule has 0 aliphatic heterocycles. The Bertz CT molecular complexity index is 938. The second kappa shape index (κ2) is 11.7. The van der Waals surface area contributed by atoms with E-state index in [0.717, 1.165) is 31.4 Å². The Hall–Kier alpha value is -2.39. The van der Waals surface area contributed by atoms with Gasteiger partial charge < -0.3 is 19.6 Å². The third-order valence-electron chi connectivity index (χ3n) is 5.61. The third kappa shape index (κ3) is 7.30. The van der Waals surface area contributed by atoms with E-state index in [9.17, 15) is 18.7 Å². The van der Waals surface area contributed by atoms with E-state index in [1.807, 2.05) is 17.6 Å². The summed E-state index contributed by atoms with van der Waals surface area (Å²) in [5.41, 5.74) is 0.792. The lowest BCUT2D eigenvalue weighted by Crippen LogP contribution is -2.39. The minimum Gasteiger partial charge on any atom is -0.394 e. The van der Waals surface area contributed by atoms with Crippen molar-refractivity contribution >= 4 is 29.5 Å². The van der Waals surface area contributed by atoms with Gasteiger partial charge in [0.15, 0.2) is 0 Å². The van der Waals surface area contributed by atoms with E-state index in [0.29, 0.717) is 22.9 Å². The average Bonchev–Trinajstić information content (AvgIpc) is 3.60. The number of pyridine rings is 1. The molecule has 0 saturated heterocycles. The monoisotopic (exact) mass is 478 g/mol. The molecule has 1 heterocycles. The summed E-state index contributed by atoms with van der Waals surface area (Å²) in [6, 6.07) is 6.01. The van der Waals surface area contributed by atoms with Crippen LogP contribution >= 0.6 is 11.9 Å². The maximum absolute atomic E-state index is 13.5. The van der Waals surface area contributed by atoms with Gasteiger partial charge in [0.2, 0.25) is 0 Å². The lowest BCUT2D eigenvalue weighted by molar-refractivity contribution is 0.0916. The fourth-order valence-electron chi connectivity index (χ4n) is 3.67. The molecule has 1 unspecified atom stereocenters. The van der Waals surface area contributed by atoms with Gasteiger partial charge in [-0.05, 0) is 61.4 Å². The van der Waals surface area contributed by atoms with Gasteiger partial charge in [0.25, 0.3) is 5.91 Å². The van der Waals surface area contributed by atoms with Gasteiger partial charge >= 0.3 is 0 Å². The molecule has 1 aromatic carbocycles. The molecule has 1 amide bonds. The highest BCUT2D eigenvalue weighted by atomic mass is 32.2. The largest absolute Gasteiger partial charge is 0.394 e. The first-order valence-electron chi connectivity index (χ1n) is 11.2. The molecule has 2 aromatic rings. The van der Waals surface area contributed by atoms with Crippen LogP contribution in [-0.4, -0.2) is 55.0 Å². The first-order chi connectivity index (χ1) is 15.8. The molecule has 33 heavy (non-hydrogen) atoms. The fraction of sp³-hybridized carbons (Fsp3) is 0.500. The van der Waals surface area contributed by atoms with Crippen LogP contribution in [0.1, 0.15) is 42.1 Å². The number of nitrogens with one attached hydrogen (secondary N) is 1. The Morgan fingerprint density at radius 3 is 2.45 bits per heavy atom. The van der Waals surface area contributed by atoms with Crippen LogP contribution in [0.15, 0.2) is 30.3 Å². The standard InChI is InChI=1S/C24H32F2N4O2S/c1-4-7-30(14-16-5-6-16)23-12-18(11-22(28-23)29(2)33-3)24(32)27-21(15-31)10-17-8-19(25)13-20(26)9-17/h8-9,11-13,16,21,31H,4-7,10,14-15H2,1-3H3,(H,27,32). The Morgan fingerprint density at radius 1 is 1.21 bits per heavy atom. The molecule has 0 spiro atoms. The number of amides is 1. The number of carbonyl (C=O) groups excluding carboxylic acids is 1. The van der Waals surface area contributed by atoms with Crippen LogP contribution in [0.25, 0.3) is 0 Å². The van der Waals surface area contributed by atoms with Crippen molar-refractivity contribution in [2.24, 2.45) is 5.92 Å². The number of aliphatic hydroxyl groups excluding tert-OH is 1. The molecular weight excluding hydrogens is 446 g/mol. The highest BCUT2D eigenvalue weighted by Crippen LogP contribution is 2.32. The van der Waals surface area contributed by atoms with Gasteiger partial charge in [-0.2, -0.15) is 0 Å². The lowest BCUT2D eigenvalue weighted by Gasteiger charge is -2.26. The van der Waals surface area contributed by atoms with Crippen molar-refractivity contribution in [3.05, 3.63) is 53.1 Å². The maximum atomic E-state index is 13.5. The molecule has 1 fully saturated rings. The van der Waals surface area contributed by atoms with Crippen molar-refractivity contribution in [3.8, 4) is 0 Å². The summed E-state index contributed by atoms with van der Waals surface area (Å²) in [7, 11) is 1.89. The molecular formula is C24H32F2N4O2S. The summed E-state index contributed by atoms with van der Waals surface area (Å²) >= 11 is 1.49. The van der Waals surface area contributed by atoms with Crippen LogP contribution < -0.4 is 14.5 Å². The van der Waals surface area contributed by atoms with Crippen molar-refractivity contribution in [1.82, 2.24) is 10.3 Å². The molecule has 1 aliphatic carbocycles.